The molecule has 3 heterocycles. The van der Waals surface area contributed by atoms with Crippen molar-refractivity contribution in [3.05, 3.63) is 35.9 Å². The van der Waals surface area contributed by atoms with Crippen molar-refractivity contribution in [2.45, 2.75) is 37.8 Å². The number of piperidine rings is 1. The van der Waals surface area contributed by atoms with Crippen LogP contribution in [0.15, 0.2) is 30.3 Å². The molecule has 0 aliphatic carbocycles. The maximum Gasteiger partial charge on any atom is 0.225 e. The van der Waals surface area contributed by atoms with Gasteiger partial charge in [-0.25, -0.2) is 0 Å². The van der Waals surface area contributed by atoms with Crippen LogP contribution in [0.1, 0.15) is 37.3 Å². The van der Waals surface area contributed by atoms with Gasteiger partial charge >= 0.3 is 0 Å². The first-order chi connectivity index (χ1) is 12.8. The van der Waals surface area contributed by atoms with Crippen LogP contribution in [0.2, 0.25) is 0 Å². The van der Waals surface area contributed by atoms with Crippen LogP contribution in [-0.2, 0) is 9.53 Å². The average Bonchev–Trinajstić information content (AvgIpc) is 2.75. The molecule has 5 nitrogen and oxygen atoms in total. The molecular weight excluding hydrogens is 326 g/mol. The molecule has 1 atom stereocenters. The summed E-state index contributed by atoms with van der Waals surface area (Å²) in [4.78, 5) is 17.8. The second-order valence-corrected chi connectivity index (χ2v) is 7.86. The minimum atomic E-state index is 0.209. The Morgan fingerprint density at radius 2 is 1.73 bits per heavy atom. The summed E-state index contributed by atoms with van der Waals surface area (Å²) in [6.07, 6.45) is 4.32. The summed E-state index contributed by atoms with van der Waals surface area (Å²) in [5.41, 5.74) is 1.28. The SMILES string of the molecule is O=C(C1CCN(C2CCOCC2)CC1)N1CCN[C@@H](c2ccccc2)C1. The van der Waals surface area contributed by atoms with Crippen LogP contribution >= 0.6 is 0 Å². The minimum absolute atomic E-state index is 0.209. The van der Waals surface area contributed by atoms with Crippen molar-refractivity contribution in [1.82, 2.24) is 15.1 Å². The van der Waals surface area contributed by atoms with Gasteiger partial charge in [0.15, 0.2) is 0 Å². The first-order valence-corrected chi connectivity index (χ1v) is 10.2. The van der Waals surface area contributed by atoms with Gasteiger partial charge in [-0.1, -0.05) is 30.3 Å². The number of amides is 1. The quantitative estimate of drug-likeness (QED) is 0.899. The number of ether oxygens (including phenoxy) is 1. The summed E-state index contributed by atoms with van der Waals surface area (Å²) in [5.74, 6) is 0.583. The van der Waals surface area contributed by atoms with Crippen molar-refractivity contribution >= 4 is 5.91 Å². The van der Waals surface area contributed by atoms with Crippen molar-refractivity contribution in [2.75, 3.05) is 45.9 Å². The Morgan fingerprint density at radius 1 is 1.00 bits per heavy atom. The van der Waals surface area contributed by atoms with Gasteiger partial charge in [-0.15, -0.1) is 0 Å². The van der Waals surface area contributed by atoms with E-state index in [2.05, 4.69) is 39.4 Å². The first kappa shape index (κ1) is 18.0. The Bertz CT molecular complexity index is 580. The molecule has 4 rings (SSSR count). The molecule has 1 aromatic rings. The van der Waals surface area contributed by atoms with Gasteiger partial charge in [0, 0.05) is 50.8 Å². The number of carbonyl (C=O) groups is 1. The average molecular weight is 357 g/mol. The fraction of sp³-hybridized carbons (Fsp3) is 0.667. The fourth-order valence-electron chi connectivity index (χ4n) is 4.68. The Labute approximate surface area is 156 Å². The molecule has 1 aromatic carbocycles. The molecule has 3 fully saturated rings. The van der Waals surface area contributed by atoms with E-state index >= 15 is 0 Å². The molecule has 3 saturated heterocycles. The van der Waals surface area contributed by atoms with Crippen molar-refractivity contribution in [3.63, 3.8) is 0 Å². The highest BCUT2D eigenvalue weighted by Crippen LogP contribution is 2.26. The van der Waals surface area contributed by atoms with Crippen LogP contribution < -0.4 is 5.32 Å². The fourth-order valence-corrected chi connectivity index (χ4v) is 4.68. The van der Waals surface area contributed by atoms with Gasteiger partial charge in [0.1, 0.15) is 0 Å². The summed E-state index contributed by atoms with van der Waals surface area (Å²) >= 11 is 0. The Morgan fingerprint density at radius 3 is 2.46 bits per heavy atom. The van der Waals surface area contributed by atoms with Crippen LogP contribution in [0.5, 0.6) is 0 Å². The van der Waals surface area contributed by atoms with Gasteiger partial charge in [-0.05, 0) is 44.3 Å². The van der Waals surface area contributed by atoms with E-state index in [1.807, 2.05) is 6.07 Å². The second-order valence-electron chi connectivity index (χ2n) is 7.86. The Balaban J connectivity index is 1.30. The van der Waals surface area contributed by atoms with Gasteiger partial charge in [-0.2, -0.15) is 0 Å². The normalized spacial score (nSPS) is 26.8. The van der Waals surface area contributed by atoms with E-state index in [0.717, 1.165) is 71.6 Å². The maximum absolute atomic E-state index is 13.1. The third-order valence-corrected chi connectivity index (χ3v) is 6.28. The lowest BCUT2D eigenvalue weighted by atomic mass is 9.92. The number of hydrogen-bond acceptors (Lipinski definition) is 4. The lowest BCUT2D eigenvalue weighted by molar-refractivity contribution is -0.138. The van der Waals surface area contributed by atoms with Crippen molar-refractivity contribution < 1.29 is 9.53 Å². The molecule has 0 radical (unpaired) electrons. The number of benzene rings is 1. The number of hydrogen-bond donors (Lipinski definition) is 1. The number of likely N-dealkylation sites (tertiary alicyclic amines) is 1. The molecule has 0 aromatic heterocycles. The number of rotatable bonds is 3. The maximum atomic E-state index is 13.1. The van der Waals surface area contributed by atoms with Crippen LogP contribution in [-0.4, -0.2) is 67.7 Å². The number of nitrogens with zero attached hydrogens (tertiary/aromatic N) is 2. The summed E-state index contributed by atoms with van der Waals surface area (Å²) in [5, 5.41) is 3.56. The molecule has 1 amide bonds. The number of nitrogens with one attached hydrogen (secondary N) is 1. The molecule has 0 unspecified atom stereocenters. The van der Waals surface area contributed by atoms with Gasteiger partial charge in [-0.3, -0.25) is 4.79 Å². The number of piperazine rings is 1. The Hall–Kier alpha value is -1.43. The molecule has 5 heteroatoms. The zero-order chi connectivity index (χ0) is 17.8. The van der Waals surface area contributed by atoms with Gasteiger partial charge in [0.25, 0.3) is 0 Å². The first-order valence-electron chi connectivity index (χ1n) is 10.2. The van der Waals surface area contributed by atoms with Crippen LogP contribution in [0.3, 0.4) is 0 Å². The highest BCUT2D eigenvalue weighted by Gasteiger charge is 2.33. The predicted molar refractivity (Wildman–Crippen MR) is 102 cm³/mol. The second kappa shape index (κ2) is 8.51. The van der Waals surface area contributed by atoms with E-state index in [4.69, 9.17) is 4.74 Å². The van der Waals surface area contributed by atoms with Crippen molar-refractivity contribution in [2.24, 2.45) is 5.92 Å². The van der Waals surface area contributed by atoms with E-state index in [1.54, 1.807) is 0 Å². The highest BCUT2D eigenvalue weighted by molar-refractivity contribution is 5.79. The van der Waals surface area contributed by atoms with Gasteiger partial charge in [0.05, 0.1) is 0 Å². The van der Waals surface area contributed by atoms with Gasteiger partial charge in [0.2, 0.25) is 5.91 Å². The summed E-state index contributed by atoms with van der Waals surface area (Å²) in [6.45, 7) is 6.43. The van der Waals surface area contributed by atoms with E-state index in [9.17, 15) is 4.79 Å². The zero-order valence-electron chi connectivity index (χ0n) is 15.6. The topological polar surface area (TPSA) is 44.8 Å². The van der Waals surface area contributed by atoms with E-state index in [0.29, 0.717) is 11.9 Å². The van der Waals surface area contributed by atoms with E-state index < -0.39 is 0 Å². The molecule has 0 spiro atoms. The molecule has 3 aliphatic rings. The van der Waals surface area contributed by atoms with Crippen LogP contribution in [0, 0.1) is 5.92 Å². The van der Waals surface area contributed by atoms with Crippen molar-refractivity contribution in [1.29, 1.82) is 0 Å². The van der Waals surface area contributed by atoms with E-state index in [1.165, 1.54) is 5.56 Å². The van der Waals surface area contributed by atoms with Crippen LogP contribution in [0.25, 0.3) is 0 Å². The van der Waals surface area contributed by atoms with E-state index in [-0.39, 0.29) is 12.0 Å². The molecule has 26 heavy (non-hydrogen) atoms. The zero-order valence-corrected chi connectivity index (χ0v) is 15.6. The standard InChI is InChI=1S/C21H31N3O2/c25-21(18-6-11-23(12-7-18)19-8-14-26-15-9-19)24-13-10-22-20(16-24)17-4-2-1-3-5-17/h1-5,18-20,22H,6-16H2/t20-/m1/s1. The monoisotopic (exact) mass is 357 g/mol. The predicted octanol–water partition coefficient (Wildman–Crippen LogP) is 2.05. The molecule has 0 bridgehead atoms. The molecule has 1 N–H and O–H groups in total. The van der Waals surface area contributed by atoms with Crippen LogP contribution in [0.4, 0.5) is 0 Å². The van der Waals surface area contributed by atoms with Gasteiger partial charge < -0.3 is 19.9 Å². The summed E-state index contributed by atoms with van der Waals surface area (Å²) in [7, 11) is 0. The summed E-state index contributed by atoms with van der Waals surface area (Å²) in [6, 6.07) is 11.4. The molecule has 0 saturated carbocycles. The third kappa shape index (κ3) is 4.11. The minimum Gasteiger partial charge on any atom is -0.381 e. The molecule has 3 aliphatic heterocycles. The largest absolute Gasteiger partial charge is 0.381 e. The third-order valence-electron chi connectivity index (χ3n) is 6.28. The summed E-state index contributed by atoms with van der Waals surface area (Å²) < 4.78 is 5.48. The molecular formula is C21H31N3O2. The lowest BCUT2D eigenvalue weighted by Gasteiger charge is -2.41. The highest BCUT2D eigenvalue weighted by atomic mass is 16.5. The van der Waals surface area contributed by atoms with Crippen molar-refractivity contribution in [3.8, 4) is 0 Å². The lowest BCUT2D eigenvalue weighted by Crippen LogP contribution is -2.52. The molecule has 142 valence electrons. The Kier molecular flexibility index (Phi) is 5.88. The number of carbonyl (C=O) groups excluding carboxylic acids is 1. The smallest absolute Gasteiger partial charge is 0.225 e.